The van der Waals surface area contributed by atoms with Gasteiger partial charge < -0.3 is 10.2 Å². The Hall–Kier alpha value is -0.870. The summed E-state index contributed by atoms with van der Waals surface area (Å²) in [5.41, 5.74) is 0. The lowest BCUT2D eigenvalue weighted by atomic mass is 10.1. The summed E-state index contributed by atoms with van der Waals surface area (Å²) in [5, 5.41) is 5.10. The van der Waals surface area contributed by atoms with Crippen molar-refractivity contribution in [3.63, 3.8) is 0 Å². The summed E-state index contributed by atoms with van der Waals surface area (Å²) < 4.78 is 0. The predicted octanol–water partition coefficient (Wildman–Crippen LogP) is 1.75. The minimum atomic E-state index is 0.188. The number of carbonyl (C=O) groups is 1. The second-order valence-electron chi connectivity index (χ2n) is 4.80. The smallest absolute Gasteiger partial charge is 0.220 e. The quantitative estimate of drug-likeness (QED) is 0.866. The summed E-state index contributed by atoms with van der Waals surface area (Å²) in [6.45, 7) is 3.12. The SMILES string of the molecule is CN1CC[C@H](CNC(=O)CCc2cccs2)C1. The van der Waals surface area contributed by atoms with Crippen LogP contribution in [0, 0.1) is 5.92 Å². The lowest BCUT2D eigenvalue weighted by Gasteiger charge is -2.11. The summed E-state index contributed by atoms with van der Waals surface area (Å²) >= 11 is 1.72. The van der Waals surface area contributed by atoms with Gasteiger partial charge in [0, 0.05) is 24.4 Å². The van der Waals surface area contributed by atoms with Crippen LogP contribution in [-0.2, 0) is 11.2 Å². The molecule has 17 heavy (non-hydrogen) atoms. The topological polar surface area (TPSA) is 32.3 Å². The number of thiophene rings is 1. The molecule has 2 heterocycles. The Morgan fingerprint density at radius 2 is 2.53 bits per heavy atom. The average Bonchev–Trinajstić information content (AvgIpc) is 2.95. The molecule has 0 spiro atoms. The third kappa shape index (κ3) is 4.13. The molecule has 2 rings (SSSR count). The first-order valence-corrected chi connectivity index (χ1v) is 7.09. The minimum Gasteiger partial charge on any atom is -0.356 e. The first kappa shape index (κ1) is 12.6. The summed E-state index contributed by atoms with van der Waals surface area (Å²) in [6.07, 6.45) is 2.69. The third-order valence-electron chi connectivity index (χ3n) is 3.26. The number of nitrogens with zero attached hydrogens (tertiary/aromatic N) is 1. The molecule has 1 saturated heterocycles. The molecule has 1 aliphatic rings. The molecular formula is C13H20N2OS. The van der Waals surface area contributed by atoms with Gasteiger partial charge in [-0.25, -0.2) is 0 Å². The van der Waals surface area contributed by atoms with Gasteiger partial charge in [0.05, 0.1) is 0 Å². The molecule has 1 aliphatic heterocycles. The Morgan fingerprint density at radius 3 is 3.18 bits per heavy atom. The second kappa shape index (κ2) is 6.17. The highest BCUT2D eigenvalue weighted by atomic mass is 32.1. The Balaban J connectivity index is 1.61. The fourth-order valence-electron chi connectivity index (χ4n) is 2.23. The van der Waals surface area contributed by atoms with Crippen molar-refractivity contribution in [2.75, 3.05) is 26.7 Å². The molecule has 4 heteroatoms. The van der Waals surface area contributed by atoms with Gasteiger partial charge in [-0.15, -0.1) is 11.3 Å². The van der Waals surface area contributed by atoms with Crippen molar-refractivity contribution in [3.05, 3.63) is 22.4 Å². The fraction of sp³-hybridized carbons (Fsp3) is 0.615. The van der Waals surface area contributed by atoms with Gasteiger partial charge in [-0.1, -0.05) is 6.07 Å². The molecule has 3 nitrogen and oxygen atoms in total. The summed E-state index contributed by atoms with van der Waals surface area (Å²) in [5.74, 6) is 0.832. The average molecular weight is 252 g/mol. The van der Waals surface area contributed by atoms with Crippen LogP contribution in [0.2, 0.25) is 0 Å². The summed E-state index contributed by atoms with van der Waals surface area (Å²) in [4.78, 5) is 15.3. The lowest BCUT2D eigenvalue weighted by Crippen LogP contribution is -2.30. The van der Waals surface area contributed by atoms with Crippen molar-refractivity contribution in [3.8, 4) is 0 Å². The van der Waals surface area contributed by atoms with Gasteiger partial charge in [-0.3, -0.25) is 4.79 Å². The van der Waals surface area contributed by atoms with E-state index in [-0.39, 0.29) is 5.91 Å². The van der Waals surface area contributed by atoms with Crippen molar-refractivity contribution in [2.45, 2.75) is 19.3 Å². The first-order chi connectivity index (χ1) is 8.24. The maximum absolute atomic E-state index is 11.7. The van der Waals surface area contributed by atoms with Crippen molar-refractivity contribution in [1.82, 2.24) is 10.2 Å². The lowest BCUT2D eigenvalue weighted by molar-refractivity contribution is -0.121. The molecule has 0 bridgehead atoms. The monoisotopic (exact) mass is 252 g/mol. The van der Waals surface area contributed by atoms with Crippen molar-refractivity contribution in [2.24, 2.45) is 5.92 Å². The van der Waals surface area contributed by atoms with Crippen molar-refractivity contribution >= 4 is 17.2 Å². The molecule has 0 radical (unpaired) electrons. The van der Waals surface area contributed by atoms with Gasteiger partial charge in [0.25, 0.3) is 0 Å². The van der Waals surface area contributed by atoms with E-state index >= 15 is 0 Å². The Bertz CT molecular complexity index is 350. The van der Waals surface area contributed by atoms with E-state index in [1.807, 2.05) is 6.07 Å². The van der Waals surface area contributed by atoms with E-state index in [1.165, 1.54) is 11.3 Å². The van der Waals surface area contributed by atoms with Crippen LogP contribution in [0.1, 0.15) is 17.7 Å². The van der Waals surface area contributed by atoms with E-state index in [2.05, 4.69) is 28.7 Å². The zero-order valence-electron chi connectivity index (χ0n) is 10.3. The van der Waals surface area contributed by atoms with E-state index in [1.54, 1.807) is 11.3 Å². The first-order valence-electron chi connectivity index (χ1n) is 6.21. The minimum absolute atomic E-state index is 0.188. The highest BCUT2D eigenvalue weighted by molar-refractivity contribution is 7.09. The van der Waals surface area contributed by atoms with Crippen LogP contribution in [0.15, 0.2) is 17.5 Å². The molecule has 1 N–H and O–H groups in total. The molecule has 0 saturated carbocycles. The van der Waals surface area contributed by atoms with Crippen LogP contribution in [0.4, 0.5) is 0 Å². The molecule has 0 aromatic carbocycles. The highest BCUT2D eigenvalue weighted by Crippen LogP contribution is 2.13. The number of aryl methyl sites for hydroxylation is 1. The van der Waals surface area contributed by atoms with Gasteiger partial charge in [-0.05, 0) is 43.8 Å². The third-order valence-corrected chi connectivity index (χ3v) is 4.19. The highest BCUT2D eigenvalue weighted by Gasteiger charge is 2.19. The zero-order valence-corrected chi connectivity index (χ0v) is 11.1. The van der Waals surface area contributed by atoms with Crippen LogP contribution in [-0.4, -0.2) is 37.5 Å². The second-order valence-corrected chi connectivity index (χ2v) is 5.83. The van der Waals surface area contributed by atoms with Crippen LogP contribution in [0.25, 0.3) is 0 Å². The van der Waals surface area contributed by atoms with E-state index < -0.39 is 0 Å². The van der Waals surface area contributed by atoms with Gasteiger partial charge in [0.15, 0.2) is 0 Å². The van der Waals surface area contributed by atoms with E-state index in [0.29, 0.717) is 12.3 Å². The number of amides is 1. The molecule has 0 unspecified atom stereocenters. The van der Waals surface area contributed by atoms with Crippen LogP contribution in [0.5, 0.6) is 0 Å². The molecule has 1 atom stereocenters. The fourth-order valence-corrected chi connectivity index (χ4v) is 2.94. The normalized spacial score (nSPS) is 20.6. The van der Waals surface area contributed by atoms with Gasteiger partial charge in [0.2, 0.25) is 5.91 Å². The zero-order chi connectivity index (χ0) is 12.1. The molecule has 1 amide bonds. The number of carbonyl (C=O) groups excluding carboxylic acids is 1. The number of likely N-dealkylation sites (tertiary alicyclic amines) is 1. The van der Waals surface area contributed by atoms with Crippen molar-refractivity contribution in [1.29, 1.82) is 0 Å². The van der Waals surface area contributed by atoms with Crippen LogP contribution < -0.4 is 5.32 Å². The Morgan fingerprint density at radius 1 is 1.65 bits per heavy atom. The largest absolute Gasteiger partial charge is 0.356 e. The number of rotatable bonds is 5. The molecule has 1 aromatic heterocycles. The standard InChI is InChI=1S/C13H20N2OS/c1-15-7-6-11(10-15)9-14-13(16)5-4-12-3-2-8-17-12/h2-3,8,11H,4-7,9-10H2,1H3,(H,14,16)/t11-/m1/s1. The molecule has 1 aromatic rings. The number of hydrogen-bond donors (Lipinski definition) is 1. The number of hydrogen-bond acceptors (Lipinski definition) is 3. The van der Waals surface area contributed by atoms with E-state index in [0.717, 1.165) is 26.1 Å². The summed E-state index contributed by atoms with van der Waals surface area (Å²) in [6, 6.07) is 4.12. The van der Waals surface area contributed by atoms with Crippen LogP contribution >= 0.6 is 11.3 Å². The number of nitrogens with one attached hydrogen (secondary N) is 1. The Labute approximate surface area is 107 Å². The van der Waals surface area contributed by atoms with Gasteiger partial charge in [0.1, 0.15) is 0 Å². The van der Waals surface area contributed by atoms with Crippen molar-refractivity contribution < 1.29 is 4.79 Å². The predicted molar refractivity (Wildman–Crippen MR) is 71.3 cm³/mol. The van der Waals surface area contributed by atoms with Gasteiger partial charge >= 0.3 is 0 Å². The summed E-state index contributed by atoms with van der Waals surface area (Å²) in [7, 11) is 2.14. The van der Waals surface area contributed by atoms with Crippen LogP contribution in [0.3, 0.4) is 0 Å². The molecular weight excluding hydrogens is 232 g/mol. The van der Waals surface area contributed by atoms with E-state index in [4.69, 9.17) is 0 Å². The molecule has 0 aliphatic carbocycles. The molecule has 1 fully saturated rings. The van der Waals surface area contributed by atoms with Gasteiger partial charge in [-0.2, -0.15) is 0 Å². The van der Waals surface area contributed by atoms with E-state index in [9.17, 15) is 4.79 Å². The maximum atomic E-state index is 11.7. The maximum Gasteiger partial charge on any atom is 0.220 e. The Kier molecular flexibility index (Phi) is 4.57. The molecule has 94 valence electrons.